The normalized spacial score (nSPS) is 16.2. The summed E-state index contributed by atoms with van der Waals surface area (Å²) in [5, 5.41) is 11.9. The van der Waals surface area contributed by atoms with Crippen LogP contribution in [0.4, 0.5) is 15.8 Å². The highest BCUT2D eigenvalue weighted by Crippen LogP contribution is 2.35. The molecular formula is C20H17ClFN5O2S. The van der Waals surface area contributed by atoms with E-state index in [1.807, 2.05) is 7.05 Å². The zero-order chi connectivity index (χ0) is 21.3. The summed E-state index contributed by atoms with van der Waals surface area (Å²) in [5.74, 6) is -1.72. The van der Waals surface area contributed by atoms with Gasteiger partial charge in [0.05, 0.1) is 17.3 Å². The van der Waals surface area contributed by atoms with Crippen molar-refractivity contribution in [3.05, 3.63) is 59.6 Å². The third kappa shape index (κ3) is 4.17. The minimum absolute atomic E-state index is 0.00644. The number of hydrogen-bond donors (Lipinski definition) is 1. The van der Waals surface area contributed by atoms with Gasteiger partial charge in [0.15, 0.2) is 5.16 Å². The van der Waals surface area contributed by atoms with Crippen LogP contribution in [0, 0.1) is 11.7 Å². The van der Waals surface area contributed by atoms with Gasteiger partial charge in [-0.15, -0.1) is 10.2 Å². The zero-order valence-corrected chi connectivity index (χ0v) is 17.5. The Morgan fingerprint density at radius 1 is 1.30 bits per heavy atom. The van der Waals surface area contributed by atoms with Gasteiger partial charge in [-0.2, -0.15) is 0 Å². The van der Waals surface area contributed by atoms with Gasteiger partial charge >= 0.3 is 0 Å². The standard InChI is InChI=1S/C20H17ClFN5O2S/c1-26-11-23-25-20(26)30-17-7-6-13(21)9-15(17)24-19(29)12-8-18(28)27(10-12)16-5-3-2-4-14(16)22/h2-7,9,11-12H,8,10H2,1H3,(H,24,29)/t12-/m0/s1. The summed E-state index contributed by atoms with van der Waals surface area (Å²) in [7, 11) is 1.82. The monoisotopic (exact) mass is 445 g/mol. The van der Waals surface area contributed by atoms with Crippen LogP contribution < -0.4 is 10.2 Å². The zero-order valence-electron chi connectivity index (χ0n) is 15.9. The molecule has 0 radical (unpaired) electrons. The van der Waals surface area contributed by atoms with E-state index in [1.165, 1.54) is 28.8 Å². The molecule has 30 heavy (non-hydrogen) atoms. The third-order valence-electron chi connectivity index (χ3n) is 4.71. The summed E-state index contributed by atoms with van der Waals surface area (Å²) in [5.41, 5.74) is 0.691. The minimum Gasteiger partial charge on any atom is -0.325 e. The van der Waals surface area contributed by atoms with Gasteiger partial charge in [0.2, 0.25) is 11.8 Å². The Morgan fingerprint density at radius 3 is 2.83 bits per heavy atom. The largest absolute Gasteiger partial charge is 0.325 e. The number of hydrogen-bond acceptors (Lipinski definition) is 5. The Bertz CT molecular complexity index is 1120. The SMILES string of the molecule is Cn1cnnc1Sc1ccc(Cl)cc1NC(=O)[C@H]1CC(=O)N(c2ccccc2F)C1. The van der Waals surface area contributed by atoms with Gasteiger partial charge in [-0.3, -0.25) is 9.59 Å². The van der Waals surface area contributed by atoms with Crippen LogP contribution in [-0.2, 0) is 16.6 Å². The second kappa shape index (κ2) is 8.45. The fourth-order valence-electron chi connectivity index (χ4n) is 3.17. The van der Waals surface area contributed by atoms with E-state index in [0.717, 1.165) is 4.90 Å². The number of aromatic nitrogens is 3. The molecule has 1 atom stereocenters. The van der Waals surface area contributed by atoms with Crippen molar-refractivity contribution in [2.24, 2.45) is 13.0 Å². The fourth-order valence-corrected chi connectivity index (χ4v) is 4.18. The molecule has 1 N–H and O–H groups in total. The van der Waals surface area contributed by atoms with Crippen LogP contribution in [0.3, 0.4) is 0 Å². The average Bonchev–Trinajstić information content (AvgIpc) is 3.30. The van der Waals surface area contributed by atoms with Crippen molar-refractivity contribution in [3.8, 4) is 0 Å². The molecule has 0 bridgehead atoms. The van der Waals surface area contributed by atoms with E-state index < -0.39 is 11.7 Å². The molecule has 0 unspecified atom stereocenters. The summed E-state index contributed by atoms with van der Waals surface area (Å²) in [6, 6.07) is 11.2. The molecule has 4 rings (SSSR count). The van der Waals surface area contributed by atoms with Crippen LogP contribution in [0.5, 0.6) is 0 Å². The molecule has 2 amide bonds. The molecule has 2 heterocycles. The molecule has 0 spiro atoms. The molecule has 1 aliphatic rings. The number of nitrogens with zero attached hydrogens (tertiary/aromatic N) is 4. The van der Waals surface area contributed by atoms with Crippen LogP contribution in [-0.4, -0.2) is 33.1 Å². The van der Waals surface area contributed by atoms with Crippen molar-refractivity contribution in [2.75, 3.05) is 16.8 Å². The maximum absolute atomic E-state index is 14.1. The number of amides is 2. The molecule has 1 saturated heterocycles. The Hall–Kier alpha value is -2.91. The first-order valence-corrected chi connectivity index (χ1v) is 10.3. The topological polar surface area (TPSA) is 80.1 Å². The highest BCUT2D eigenvalue weighted by Gasteiger charge is 2.36. The number of carbonyl (C=O) groups is 2. The lowest BCUT2D eigenvalue weighted by molar-refractivity contribution is -0.122. The fraction of sp³-hybridized carbons (Fsp3) is 0.200. The van der Waals surface area contributed by atoms with Crippen molar-refractivity contribution in [1.82, 2.24) is 14.8 Å². The lowest BCUT2D eigenvalue weighted by atomic mass is 10.1. The lowest BCUT2D eigenvalue weighted by Crippen LogP contribution is -2.28. The molecule has 7 nitrogen and oxygen atoms in total. The predicted molar refractivity (Wildman–Crippen MR) is 112 cm³/mol. The smallest absolute Gasteiger partial charge is 0.229 e. The second-order valence-corrected chi connectivity index (χ2v) is 8.26. The number of benzene rings is 2. The molecule has 1 aliphatic heterocycles. The number of nitrogens with one attached hydrogen (secondary N) is 1. The van der Waals surface area contributed by atoms with Gasteiger partial charge in [0.1, 0.15) is 12.1 Å². The van der Waals surface area contributed by atoms with Crippen LogP contribution in [0.15, 0.2) is 58.8 Å². The molecule has 3 aromatic rings. The van der Waals surface area contributed by atoms with E-state index in [-0.39, 0.29) is 30.5 Å². The van der Waals surface area contributed by atoms with Gasteiger partial charge in [-0.05, 0) is 42.1 Å². The first-order valence-electron chi connectivity index (χ1n) is 9.09. The van der Waals surface area contributed by atoms with E-state index in [9.17, 15) is 14.0 Å². The summed E-state index contributed by atoms with van der Waals surface area (Å²) < 4.78 is 15.8. The molecule has 0 saturated carbocycles. The first-order chi connectivity index (χ1) is 14.4. The van der Waals surface area contributed by atoms with Crippen molar-refractivity contribution in [2.45, 2.75) is 16.5 Å². The third-order valence-corrected chi connectivity index (χ3v) is 6.07. The van der Waals surface area contributed by atoms with E-state index >= 15 is 0 Å². The van der Waals surface area contributed by atoms with Crippen molar-refractivity contribution >= 4 is 46.6 Å². The van der Waals surface area contributed by atoms with E-state index in [1.54, 1.807) is 41.2 Å². The Labute approximate surface area is 181 Å². The van der Waals surface area contributed by atoms with Crippen LogP contribution >= 0.6 is 23.4 Å². The van der Waals surface area contributed by atoms with Crippen molar-refractivity contribution in [3.63, 3.8) is 0 Å². The lowest BCUT2D eigenvalue weighted by Gasteiger charge is -2.17. The molecule has 2 aromatic carbocycles. The van der Waals surface area contributed by atoms with E-state index in [0.29, 0.717) is 15.9 Å². The summed E-state index contributed by atoms with van der Waals surface area (Å²) in [4.78, 5) is 27.3. The van der Waals surface area contributed by atoms with Gasteiger partial charge in [0, 0.05) is 29.9 Å². The summed E-state index contributed by atoms with van der Waals surface area (Å²) in [6.45, 7) is 0.109. The maximum atomic E-state index is 14.1. The number of rotatable bonds is 5. The first kappa shape index (κ1) is 20.4. The minimum atomic E-state index is -0.608. The molecule has 1 aromatic heterocycles. The van der Waals surface area contributed by atoms with Crippen LogP contribution in [0.2, 0.25) is 5.02 Å². The highest BCUT2D eigenvalue weighted by molar-refractivity contribution is 7.99. The van der Waals surface area contributed by atoms with Crippen LogP contribution in [0.25, 0.3) is 0 Å². The Kier molecular flexibility index (Phi) is 5.74. The number of anilines is 2. The summed E-state index contributed by atoms with van der Waals surface area (Å²) in [6.07, 6.45) is 1.59. The van der Waals surface area contributed by atoms with Gasteiger partial charge in [-0.1, -0.05) is 23.7 Å². The second-order valence-electron chi connectivity index (χ2n) is 6.81. The van der Waals surface area contributed by atoms with E-state index in [4.69, 9.17) is 11.6 Å². The predicted octanol–water partition coefficient (Wildman–Crippen LogP) is 3.75. The van der Waals surface area contributed by atoms with Crippen molar-refractivity contribution < 1.29 is 14.0 Å². The summed E-state index contributed by atoms with van der Waals surface area (Å²) >= 11 is 7.45. The Balaban J connectivity index is 1.52. The molecular weight excluding hydrogens is 429 g/mol. The molecule has 0 aliphatic carbocycles. The van der Waals surface area contributed by atoms with Gasteiger partial charge in [0.25, 0.3) is 0 Å². The Morgan fingerprint density at radius 2 is 2.10 bits per heavy atom. The van der Waals surface area contributed by atoms with E-state index in [2.05, 4.69) is 15.5 Å². The molecule has 1 fully saturated rings. The van der Waals surface area contributed by atoms with Gasteiger partial charge < -0.3 is 14.8 Å². The molecule has 10 heteroatoms. The number of aryl methyl sites for hydroxylation is 1. The van der Waals surface area contributed by atoms with Gasteiger partial charge in [-0.25, -0.2) is 4.39 Å². The maximum Gasteiger partial charge on any atom is 0.229 e. The number of halogens is 2. The molecule has 154 valence electrons. The number of carbonyl (C=O) groups excluding carboxylic acids is 2. The van der Waals surface area contributed by atoms with Crippen LogP contribution in [0.1, 0.15) is 6.42 Å². The highest BCUT2D eigenvalue weighted by atomic mass is 35.5. The quantitative estimate of drug-likeness (QED) is 0.647. The number of para-hydroxylation sites is 1. The average molecular weight is 446 g/mol. The van der Waals surface area contributed by atoms with Crippen molar-refractivity contribution in [1.29, 1.82) is 0 Å².